The van der Waals surface area contributed by atoms with Crippen LogP contribution < -0.4 is 10.5 Å². The molecule has 1 amide bonds. The quantitative estimate of drug-likeness (QED) is 0.642. The lowest BCUT2D eigenvalue weighted by Crippen LogP contribution is -2.46. The van der Waals surface area contributed by atoms with E-state index < -0.39 is 0 Å². The van der Waals surface area contributed by atoms with Crippen molar-refractivity contribution in [3.05, 3.63) is 23.1 Å². The molecule has 1 unspecified atom stereocenters. The van der Waals surface area contributed by atoms with Crippen molar-refractivity contribution in [3.8, 4) is 0 Å². The van der Waals surface area contributed by atoms with Crippen LogP contribution in [0.4, 0.5) is 0 Å². The summed E-state index contributed by atoms with van der Waals surface area (Å²) in [5.74, 6) is -0.323. The SMILES string of the molecule is C=C/C(CC)=C1\SNC1C(N)=O. The molecular weight excluding hydrogens is 172 g/mol. The Morgan fingerprint density at radius 1 is 1.92 bits per heavy atom. The highest BCUT2D eigenvalue weighted by Gasteiger charge is 2.31. The van der Waals surface area contributed by atoms with Crippen molar-refractivity contribution in [2.75, 3.05) is 0 Å². The molecule has 1 saturated heterocycles. The number of hydrogen-bond acceptors (Lipinski definition) is 3. The van der Waals surface area contributed by atoms with E-state index in [0.29, 0.717) is 0 Å². The van der Waals surface area contributed by atoms with E-state index in [9.17, 15) is 4.79 Å². The van der Waals surface area contributed by atoms with Crippen LogP contribution in [-0.4, -0.2) is 11.9 Å². The number of rotatable bonds is 3. The highest BCUT2D eigenvalue weighted by Crippen LogP contribution is 2.32. The lowest BCUT2D eigenvalue weighted by atomic mass is 10.1. The molecule has 4 heteroatoms. The van der Waals surface area contributed by atoms with Crippen molar-refractivity contribution in [3.63, 3.8) is 0 Å². The van der Waals surface area contributed by atoms with Crippen LogP contribution in [0.1, 0.15) is 13.3 Å². The number of allylic oxidation sites excluding steroid dienone is 2. The molecule has 1 aliphatic rings. The predicted molar refractivity (Wildman–Crippen MR) is 51.2 cm³/mol. The molecule has 0 spiro atoms. The van der Waals surface area contributed by atoms with E-state index in [1.54, 1.807) is 6.08 Å². The van der Waals surface area contributed by atoms with E-state index in [1.165, 1.54) is 11.9 Å². The summed E-state index contributed by atoms with van der Waals surface area (Å²) in [7, 11) is 0. The van der Waals surface area contributed by atoms with Crippen LogP contribution in [0.3, 0.4) is 0 Å². The van der Waals surface area contributed by atoms with Crippen LogP contribution in [0, 0.1) is 0 Å². The second-order valence-electron chi connectivity index (χ2n) is 2.50. The van der Waals surface area contributed by atoms with E-state index in [2.05, 4.69) is 11.3 Å². The summed E-state index contributed by atoms with van der Waals surface area (Å²) in [5, 5.41) is 0. The number of carbonyl (C=O) groups is 1. The van der Waals surface area contributed by atoms with Gasteiger partial charge in [0.25, 0.3) is 0 Å². The fraction of sp³-hybridized carbons (Fsp3) is 0.375. The van der Waals surface area contributed by atoms with Gasteiger partial charge in [-0.15, -0.1) is 0 Å². The minimum atomic E-state index is -0.323. The maximum Gasteiger partial charge on any atom is 0.240 e. The van der Waals surface area contributed by atoms with Crippen molar-refractivity contribution in [1.29, 1.82) is 0 Å². The van der Waals surface area contributed by atoms with E-state index in [-0.39, 0.29) is 11.9 Å². The third-order valence-corrected chi connectivity index (χ3v) is 2.85. The minimum absolute atomic E-state index is 0.289. The molecule has 0 bridgehead atoms. The number of nitrogens with one attached hydrogen (secondary N) is 1. The van der Waals surface area contributed by atoms with Gasteiger partial charge < -0.3 is 5.73 Å². The number of primary amides is 1. The largest absolute Gasteiger partial charge is 0.368 e. The van der Waals surface area contributed by atoms with Crippen molar-refractivity contribution in [2.24, 2.45) is 5.73 Å². The van der Waals surface area contributed by atoms with Crippen molar-refractivity contribution >= 4 is 17.9 Å². The predicted octanol–water partition coefficient (Wildman–Crippen LogP) is 0.942. The van der Waals surface area contributed by atoms with Gasteiger partial charge in [0.05, 0.1) is 0 Å². The average Bonchev–Trinajstić information content (AvgIpc) is 1.96. The molecule has 1 aliphatic heterocycles. The number of amides is 1. The maximum absolute atomic E-state index is 10.8. The molecule has 1 fully saturated rings. The van der Waals surface area contributed by atoms with Crippen LogP contribution in [0.2, 0.25) is 0 Å². The van der Waals surface area contributed by atoms with Gasteiger partial charge in [-0.3, -0.25) is 4.79 Å². The third-order valence-electron chi connectivity index (χ3n) is 1.78. The van der Waals surface area contributed by atoms with Crippen LogP contribution in [-0.2, 0) is 4.79 Å². The lowest BCUT2D eigenvalue weighted by Gasteiger charge is -2.29. The second kappa shape index (κ2) is 3.78. The fourth-order valence-electron chi connectivity index (χ4n) is 1.03. The Balaban J connectivity index is 2.81. The molecule has 66 valence electrons. The lowest BCUT2D eigenvalue weighted by molar-refractivity contribution is -0.118. The first kappa shape index (κ1) is 9.35. The van der Waals surface area contributed by atoms with Gasteiger partial charge in [-0.25, -0.2) is 4.72 Å². The standard InChI is InChI=1S/C8H12N2OS/c1-3-5(4-2)7-6(8(9)11)10-12-7/h3,6,10H,1,4H2,2H3,(H2,9,11)/b7-5+. The van der Waals surface area contributed by atoms with Gasteiger partial charge in [0.2, 0.25) is 5.91 Å². The summed E-state index contributed by atoms with van der Waals surface area (Å²) in [6, 6.07) is -0.289. The fourth-order valence-corrected chi connectivity index (χ4v) is 1.98. The van der Waals surface area contributed by atoms with Crippen molar-refractivity contribution in [2.45, 2.75) is 19.4 Å². The first-order valence-corrected chi connectivity index (χ1v) is 4.59. The first-order chi connectivity index (χ1) is 5.70. The Morgan fingerprint density at radius 2 is 2.58 bits per heavy atom. The van der Waals surface area contributed by atoms with Gasteiger partial charge in [0, 0.05) is 4.91 Å². The highest BCUT2D eigenvalue weighted by molar-refractivity contribution is 8.03. The Kier molecular flexibility index (Phi) is 2.94. The van der Waals surface area contributed by atoms with E-state index >= 15 is 0 Å². The third kappa shape index (κ3) is 1.54. The van der Waals surface area contributed by atoms with Gasteiger partial charge in [0.15, 0.2) is 0 Å². The van der Waals surface area contributed by atoms with Crippen LogP contribution in [0.25, 0.3) is 0 Å². The van der Waals surface area contributed by atoms with Gasteiger partial charge in [-0.1, -0.05) is 19.6 Å². The molecule has 0 aromatic carbocycles. The zero-order chi connectivity index (χ0) is 9.14. The van der Waals surface area contributed by atoms with Crippen LogP contribution in [0.15, 0.2) is 23.1 Å². The summed E-state index contributed by atoms with van der Waals surface area (Å²) in [6.45, 7) is 5.71. The molecule has 3 nitrogen and oxygen atoms in total. The Labute approximate surface area is 76.2 Å². The molecule has 0 radical (unpaired) electrons. The van der Waals surface area contributed by atoms with E-state index in [4.69, 9.17) is 5.73 Å². The average molecular weight is 184 g/mol. The zero-order valence-electron chi connectivity index (χ0n) is 6.96. The zero-order valence-corrected chi connectivity index (χ0v) is 7.78. The molecular formula is C8H12N2OS. The smallest absolute Gasteiger partial charge is 0.240 e. The van der Waals surface area contributed by atoms with Crippen molar-refractivity contribution < 1.29 is 4.79 Å². The molecule has 1 atom stereocenters. The minimum Gasteiger partial charge on any atom is -0.368 e. The Bertz CT molecular complexity index is 247. The number of nitrogens with two attached hydrogens (primary N) is 1. The summed E-state index contributed by atoms with van der Waals surface area (Å²) in [6.07, 6.45) is 2.66. The summed E-state index contributed by atoms with van der Waals surface area (Å²) in [4.78, 5) is 11.8. The summed E-state index contributed by atoms with van der Waals surface area (Å²) < 4.78 is 2.88. The Morgan fingerprint density at radius 3 is 2.83 bits per heavy atom. The monoisotopic (exact) mass is 184 g/mol. The summed E-state index contributed by atoms with van der Waals surface area (Å²) >= 11 is 1.46. The number of carbonyl (C=O) groups excluding carboxylic acids is 1. The molecule has 0 aromatic heterocycles. The van der Waals surface area contributed by atoms with E-state index in [0.717, 1.165) is 16.9 Å². The molecule has 0 saturated carbocycles. The first-order valence-electron chi connectivity index (χ1n) is 3.77. The van der Waals surface area contributed by atoms with Gasteiger partial charge >= 0.3 is 0 Å². The van der Waals surface area contributed by atoms with Gasteiger partial charge in [-0.05, 0) is 23.9 Å². The second-order valence-corrected chi connectivity index (χ2v) is 3.38. The van der Waals surface area contributed by atoms with Crippen molar-refractivity contribution in [1.82, 2.24) is 4.72 Å². The molecule has 1 heterocycles. The highest BCUT2D eigenvalue weighted by atomic mass is 32.2. The van der Waals surface area contributed by atoms with Crippen LogP contribution >= 0.6 is 11.9 Å². The van der Waals surface area contributed by atoms with Gasteiger partial charge in [-0.2, -0.15) is 0 Å². The molecule has 12 heavy (non-hydrogen) atoms. The van der Waals surface area contributed by atoms with E-state index in [1.807, 2.05) is 6.92 Å². The normalized spacial score (nSPS) is 25.9. The molecule has 1 rings (SSSR count). The van der Waals surface area contributed by atoms with Crippen LogP contribution in [0.5, 0.6) is 0 Å². The summed E-state index contributed by atoms with van der Waals surface area (Å²) in [5.41, 5.74) is 6.25. The Hall–Kier alpha value is -0.740. The number of hydrogen-bond donors (Lipinski definition) is 2. The topological polar surface area (TPSA) is 55.1 Å². The maximum atomic E-state index is 10.8. The molecule has 3 N–H and O–H groups in total. The molecule has 0 aromatic rings. The molecule has 0 aliphatic carbocycles. The van der Waals surface area contributed by atoms with Gasteiger partial charge in [0.1, 0.15) is 6.04 Å².